The number of rotatable bonds is 7. The van der Waals surface area contributed by atoms with Gasteiger partial charge < -0.3 is 4.74 Å². The van der Waals surface area contributed by atoms with Crippen molar-refractivity contribution >= 4 is 22.6 Å². The molecule has 0 heterocycles. The van der Waals surface area contributed by atoms with Crippen molar-refractivity contribution in [1.82, 2.24) is 4.90 Å². The van der Waals surface area contributed by atoms with Gasteiger partial charge in [0.2, 0.25) is 0 Å². The lowest BCUT2D eigenvalue weighted by molar-refractivity contribution is 0.210. The summed E-state index contributed by atoms with van der Waals surface area (Å²) in [6, 6.07) is 18.8. The highest BCUT2D eigenvalue weighted by Crippen LogP contribution is 2.13. The zero-order chi connectivity index (χ0) is 14.2. The summed E-state index contributed by atoms with van der Waals surface area (Å²) in [5.74, 6) is 0.946. The number of benzene rings is 2. The zero-order valence-electron chi connectivity index (χ0n) is 11.8. The number of ether oxygens (including phenoxy) is 1. The van der Waals surface area contributed by atoms with Gasteiger partial charge in [-0.1, -0.05) is 37.3 Å². The second-order valence-electron chi connectivity index (χ2n) is 4.66. The van der Waals surface area contributed by atoms with Gasteiger partial charge in [0.25, 0.3) is 0 Å². The molecule has 2 rings (SSSR count). The van der Waals surface area contributed by atoms with E-state index in [9.17, 15) is 0 Å². The topological polar surface area (TPSA) is 12.5 Å². The maximum Gasteiger partial charge on any atom is 0.119 e. The van der Waals surface area contributed by atoms with Gasteiger partial charge >= 0.3 is 0 Å². The second-order valence-corrected chi connectivity index (χ2v) is 5.90. The van der Waals surface area contributed by atoms with Crippen LogP contribution in [0.25, 0.3) is 0 Å². The molecule has 0 aliphatic carbocycles. The first-order valence-corrected chi connectivity index (χ1v) is 8.00. The summed E-state index contributed by atoms with van der Waals surface area (Å²) in [6.07, 6.45) is 0. The summed E-state index contributed by atoms with van der Waals surface area (Å²) in [7, 11) is 0. The average Bonchev–Trinajstić information content (AvgIpc) is 2.49. The van der Waals surface area contributed by atoms with Crippen molar-refractivity contribution in [3.63, 3.8) is 0 Å². The van der Waals surface area contributed by atoms with Crippen LogP contribution < -0.4 is 4.74 Å². The fourth-order valence-corrected chi connectivity index (χ4v) is 2.37. The first kappa shape index (κ1) is 15.3. The number of hydrogen-bond acceptors (Lipinski definition) is 2. The lowest BCUT2D eigenvalue weighted by Crippen LogP contribution is -2.27. The van der Waals surface area contributed by atoms with Crippen molar-refractivity contribution in [2.75, 3.05) is 19.7 Å². The number of halogens is 1. The standard InChI is InChI=1S/C17H20INO/c1-2-19(14-15-6-4-3-5-7-15)12-13-20-17-10-8-16(18)9-11-17/h3-11H,2,12-14H2,1H3. The van der Waals surface area contributed by atoms with Gasteiger partial charge in [0.15, 0.2) is 0 Å². The molecular formula is C17H20INO. The van der Waals surface area contributed by atoms with E-state index in [0.29, 0.717) is 0 Å². The van der Waals surface area contributed by atoms with Crippen molar-refractivity contribution in [2.45, 2.75) is 13.5 Å². The van der Waals surface area contributed by atoms with Crippen LogP contribution >= 0.6 is 22.6 Å². The zero-order valence-corrected chi connectivity index (χ0v) is 13.9. The Bertz CT molecular complexity index is 498. The van der Waals surface area contributed by atoms with Gasteiger partial charge in [0, 0.05) is 16.7 Å². The van der Waals surface area contributed by atoms with Crippen LogP contribution in [-0.4, -0.2) is 24.6 Å². The van der Waals surface area contributed by atoms with Crippen molar-refractivity contribution in [2.24, 2.45) is 0 Å². The summed E-state index contributed by atoms with van der Waals surface area (Å²) in [4.78, 5) is 2.39. The molecule has 0 amide bonds. The molecule has 0 saturated carbocycles. The van der Waals surface area contributed by atoms with E-state index in [4.69, 9.17) is 4.74 Å². The predicted octanol–water partition coefficient (Wildman–Crippen LogP) is 4.19. The van der Waals surface area contributed by atoms with Crippen molar-refractivity contribution in [3.05, 3.63) is 63.7 Å². The minimum Gasteiger partial charge on any atom is -0.492 e. The highest BCUT2D eigenvalue weighted by molar-refractivity contribution is 14.1. The molecule has 2 aromatic rings. The third-order valence-corrected chi connectivity index (χ3v) is 3.91. The molecule has 2 aromatic carbocycles. The molecule has 0 saturated heterocycles. The quantitative estimate of drug-likeness (QED) is 0.667. The van der Waals surface area contributed by atoms with Crippen LogP contribution in [0.4, 0.5) is 0 Å². The molecule has 0 N–H and O–H groups in total. The van der Waals surface area contributed by atoms with Crippen molar-refractivity contribution in [3.8, 4) is 5.75 Å². The lowest BCUT2D eigenvalue weighted by atomic mass is 10.2. The van der Waals surface area contributed by atoms with Crippen LogP contribution in [0.2, 0.25) is 0 Å². The van der Waals surface area contributed by atoms with Crippen LogP contribution in [0.5, 0.6) is 5.75 Å². The Hall–Kier alpha value is -1.07. The molecule has 0 spiro atoms. The molecule has 0 radical (unpaired) electrons. The second kappa shape index (κ2) is 8.27. The molecule has 0 bridgehead atoms. The molecule has 0 fully saturated rings. The molecule has 0 aliphatic rings. The first-order chi connectivity index (χ1) is 9.78. The summed E-state index contributed by atoms with van der Waals surface area (Å²) < 4.78 is 7.02. The van der Waals surface area contributed by atoms with Gasteiger partial charge in [-0.25, -0.2) is 0 Å². The van der Waals surface area contributed by atoms with Gasteiger partial charge in [-0.2, -0.15) is 0 Å². The van der Waals surface area contributed by atoms with E-state index < -0.39 is 0 Å². The normalized spacial score (nSPS) is 10.8. The highest BCUT2D eigenvalue weighted by Gasteiger charge is 2.03. The summed E-state index contributed by atoms with van der Waals surface area (Å²) in [6.45, 7) is 5.87. The van der Waals surface area contributed by atoms with Gasteiger partial charge in [-0.3, -0.25) is 4.90 Å². The molecular weight excluding hydrogens is 361 g/mol. The molecule has 3 heteroatoms. The Labute approximate surface area is 134 Å². The number of likely N-dealkylation sites (N-methyl/N-ethyl adjacent to an activating group) is 1. The van der Waals surface area contributed by atoms with E-state index in [1.807, 2.05) is 12.1 Å². The van der Waals surface area contributed by atoms with E-state index in [1.54, 1.807) is 0 Å². The first-order valence-electron chi connectivity index (χ1n) is 6.92. The van der Waals surface area contributed by atoms with E-state index in [0.717, 1.165) is 32.0 Å². The highest BCUT2D eigenvalue weighted by atomic mass is 127. The summed E-state index contributed by atoms with van der Waals surface area (Å²) in [5, 5.41) is 0. The average molecular weight is 381 g/mol. The lowest BCUT2D eigenvalue weighted by Gasteiger charge is -2.20. The smallest absolute Gasteiger partial charge is 0.119 e. The van der Waals surface area contributed by atoms with Gasteiger partial charge in [0.1, 0.15) is 12.4 Å². The molecule has 0 atom stereocenters. The van der Waals surface area contributed by atoms with E-state index in [-0.39, 0.29) is 0 Å². The van der Waals surface area contributed by atoms with Crippen LogP contribution in [0.3, 0.4) is 0 Å². The third kappa shape index (κ3) is 5.13. The molecule has 0 aliphatic heterocycles. The molecule has 0 unspecified atom stereocenters. The van der Waals surface area contributed by atoms with Gasteiger partial charge in [-0.15, -0.1) is 0 Å². The molecule has 0 aromatic heterocycles. The number of nitrogens with zero attached hydrogens (tertiary/aromatic N) is 1. The maximum absolute atomic E-state index is 5.79. The van der Waals surface area contributed by atoms with E-state index >= 15 is 0 Å². The van der Waals surface area contributed by atoms with Gasteiger partial charge in [0.05, 0.1) is 0 Å². The fourth-order valence-electron chi connectivity index (χ4n) is 2.01. The van der Waals surface area contributed by atoms with Crippen LogP contribution in [-0.2, 0) is 6.54 Å². The summed E-state index contributed by atoms with van der Waals surface area (Å²) in [5.41, 5.74) is 1.35. The van der Waals surface area contributed by atoms with Crippen molar-refractivity contribution in [1.29, 1.82) is 0 Å². The Balaban J connectivity index is 1.78. The predicted molar refractivity (Wildman–Crippen MR) is 92.0 cm³/mol. The van der Waals surface area contributed by atoms with Crippen LogP contribution in [0, 0.1) is 3.57 Å². The Morgan fingerprint density at radius 2 is 1.70 bits per heavy atom. The van der Waals surface area contributed by atoms with Crippen LogP contribution in [0.1, 0.15) is 12.5 Å². The maximum atomic E-state index is 5.79. The van der Waals surface area contributed by atoms with Crippen molar-refractivity contribution < 1.29 is 4.74 Å². The summed E-state index contributed by atoms with van der Waals surface area (Å²) >= 11 is 2.30. The Morgan fingerprint density at radius 1 is 1.00 bits per heavy atom. The van der Waals surface area contributed by atoms with Crippen LogP contribution in [0.15, 0.2) is 54.6 Å². The largest absolute Gasteiger partial charge is 0.492 e. The van der Waals surface area contributed by atoms with E-state index in [1.165, 1.54) is 9.13 Å². The Kier molecular flexibility index (Phi) is 6.33. The third-order valence-electron chi connectivity index (χ3n) is 3.19. The molecule has 106 valence electrons. The minimum atomic E-state index is 0.723. The molecule has 2 nitrogen and oxygen atoms in total. The Morgan fingerprint density at radius 3 is 2.35 bits per heavy atom. The SMILES string of the molecule is CCN(CCOc1ccc(I)cc1)Cc1ccccc1. The molecule has 20 heavy (non-hydrogen) atoms. The van der Waals surface area contributed by atoms with Gasteiger partial charge in [-0.05, 0) is 59.0 Å². The fraction of sp³-hybridized carbons (Fsp3) is 0.294. The van der Waals surface area contributed by atoms with E-state index in [2.05, 4.69) is 76.9 Å². The minimum absolute atomic E-state index is 0.723. The number of hydrogen-bond donors (Lipinski definition) is 0. The monoisotopic (exact) mass is 381 g/mol.